The van der Waals surface area contributed by atoms with E-state index in [4.69, 9.17) is 4.74 Å². The molecule has 3 rings (SSSR count). The molecular weight excluding hydrogens is 362 g/mol. The molecule has 5 heteroatoms. The Labute approximate surface area is 173 Å². The van der Waals surface area contributed by atoms with Crippen LogP contribution in [0.5, 0.6) is 0 Å². The molecule has 0 aliphatic heterocycles. The first-order valence-corrected chi connectivity index (χ1v) is 10.5. The number of benzene rings is 1. The lowest BCUT2D eigenvalue weighted by molar-refractivity contribution is 0.0539. The minimum atomic E-state index is -0.549. The van der Waals surface area contributed by atoms with Crippen LogP contribution in [0.4, 0.5) is 4.79 Å². The molecule has 1 aliphatic carbocycles. The molecule has 0 amide bonds. The standard InChI is InChI=1S/C24H33N3O2/c1-6-20(25-5)12-18-10-11-19-14-21(16-26-15-17-8-7-9-17)27(22(19)13-18)23(28)29-24(2,3)4/h6,10-11,13-14,17,26H,5,7-9,12,15-16H2,1-4H3/b20-6-. The molecule has 1 N–H and O–H groups in total. The average molecular weight is 396 g/mol. The molecule has 1 fully saturated rings. The molecule has 0 bridgehead atoms. The predicted molar refractivity (Wildman–Crippen MR) is 120 cm³/mol. The molecule has 5 nitrogen and oxygen atoms in total. The third-order valence-corrected chi connectivity index (χ3v) is 5.41. The molecular formula is C24H33N3O2. The minimum Gasteiger partial charge on any atom is -0.443 e. The predicted octanol–water partition coefficient (Wildman–Crippen LogP) is 5.46. The van der Waals surface area contributed by atoms with E-state index in [1.54, 1.807) is 4.57 Å². The number of nitrogens with one attached hydrogen (secondary N) is 1. The molecule has 1 aliphatic rings. The van der Waals surface area contributed by atoms with Gasteiger partial charge >= 0.3 is 6.09 Å². The van der Waals surface area contributed by atoms with Gasteiger partial charge in [0, 0.05) is 29.7 Å². The van der Waals surface area contributed by atoms with Gasteiger partial charge in [-0.25, -0.2) is 9.36 Å². The maximum atomic E-state index is 13.0. The fourth-order valence-electron chi connectivity index (χ4n) is 3.63. The molecule has 0 unspecified atom stereocenters. The summed E-state index contributed by atoms with van der Waals surface area (Å²) in [4.78, 5) is 17.1. The Morgan fingerprint density at radius 2 is 2.10 bits per heavy atom. The molecule has 1 heterocycles. The SMILES string of the molecule is C=N/C(=C\C)Cc1ccc2cc(CNCC3CCC3)n(C(=O)OC(C)(C)C)c2c1. The second-order valence-electron chi connectivity index (χ2n) is 8.89. The highest BCUT2D eigenvalue weighted by Crippen LogP contribution is 2.27. The molecule has 0 saturated heterocycles. The zero-order valence-corrected chi connectivity index (χ0v) is 18.1. The highest BCUT2D eigenvalue weighted by Gasteiger charge is 2.23. The van der Waals surface area contributed by atoms with Gasteiger partial charge in [0.05, 0.1) is 5.52 Å². The number of hydrogen-bond donors (Lipinski definition) is 1. The zero-order valence-electron chi connectivity index (χ0n) is 18.1. The van der Waals surface area contributed by atoms with Crippen LogP contribution in [-0.4, -0.2) is 29.5 Å². The van der Waals surface area contributed by atoms with Crippen LogP contribution in [0.25, 0.3) is 10.9 Å². The van der Waals surface area contributed by atoms with Crippen LogP contribution in [0.2, 0.25) is 0 Å². The third-order valence-electron chi connectivity index (χ3n) is 5.41. The number of aromatic nitrogens is 1. The van der Waals surface area contributed by atoms with Gasteiger partial charge < -0.3 is 10.1 Å². The third kappa shape index (κ3) is 5.36. The zero-order chi connectivity index (χ0) is 21.0. The van der Waals surface area contributed by atoms with Crippen molar-refractivity contribution in [2.24, 2.45) is 10.9 Å². The van der Waals surface area contributed by atoms with Crippen molar-refractivity contribution < 1.29 is 9.53 Å². The Hall–Kier alpha value is -2.40. The van der Waals surface area contributed by atoms with Gasteiger partial charge in [0.2, 0.25) is 0 Å². The van der Waals surface area contributed by atoms with Crippen molar-refractivity contribution in [3.8, 4) is 0 Å². The average Bonchev–Trinajstić information content (AvgIpc) is 2.97. The van der Waals surface area contributed by atoms with Crippen LogP contribution < -0.4 is 5.32 Å². The smallest absolute Gasteiger partial charge is 0.419 e. The van der Waals surface area contributed by atoms with E-state index in [1.165, 1.54) is 19.3 Å². The largest absolute Gasteiger partial charge is 0.443 e. The lowest BCUT2D eigenvalue weighted by atomic mass is 9.85. The van der Waals surface area contributed by atoms with Gasteiger partial charge in [0.25, 0.3) is 0 Å². The highest BCUT2D eigenvalue weighted by molar-refractivity contribution is 5.91. The molecule has 1 saturated carbocycles. The van der Waals surface area contributed by atoms with Crippen molar-refractivity contribution in [1.29, 1.82) is 0 Å². The fourth-order valence-corrected chi connectivity index (χ4v) is 3.63. The van der Waals surface area contributed by atoms with Gasteiger partial charge in [-0.05, 0) is 77.4 Å². The number of allylic oxidation sites excluding steroid dienone is 2. The normalized spacial score (nSPS) is 15.4. The second kappa shape index (κ2) is 8.95. The molecule has 156 valence electrons. The topological polar surface area (TPSA) is 55.6 Å². The second-order valence-corrected chi connectivity index (χ2v) is 8.89. The number of carbonyl (C=O) groups is 1. The van der Waals surface area contributed by atoms with Crippen molar-refractivity contribution in [3.05, 3.63) is 47.3 Å². The molecule has 0 radical (unpaired) electrons. The first kappa shape index (κ1) is 21.3. The Kier molecular flexibility index (Phi) is 6.58. The first-order valence-electron chi connectivity index (χ1n) is 10.5. The van der Waals surface area contributed by atoms with Crippen molar-refractivity contribution in [2.75, 3.05) is 6.54 Å². The summed E-state index contributed by atoms with van der Waals surface area (Å²) in [7, 11) is 0. The fraction of sp³-hybridized carbons (Fsp3) is 0.500. The molecule has 2 aromatic rings. The van der Waals surface area contributed by atoms with Crippen molar-refractivity contribution in [2.45, 2.75) is 65.5 Å². The maximum absolute atomic E-state index is 13.0. The van der Waals surface area contributed by atoms with Crippen LogP contribution in [0, 0.1) is 5.92 Å². The van der Waals surface area contributed by atoms with E-state index in [-0.39, 0.29) is 6.09 Å². The summed E-state index contributed by atoms with van der Waals surface area (Å²) in [5.74, 6) is 0.770. The van der Waals surface area contributed by atoms with E-state index >= 15 is 0 Å². The number of nitrogens with zero attached hydrogens (tertiary/aromatic N) is 2. The summed E-state index contributed by atoms with van der Waals surface area (Å²) >= 11 is 0. The number of rotatable bonds is 7. The Morgan fingerprint density at radius 3 is 2.69 bits per heavy atom. The summed E-state index contributed by atoms with van der Waals surface area (Å²) in [5.41, 5.74) is 3.26. The van der Waals surface area contributed by atoms with Crippen LogP contribution in [0.1, 0.15) is 58.2 Å². The number of ether oxygens (including phenoxy) is 1. The summed E-state index contributed by atoms with van der Waals surface area (Å²) in [6.07, 6.45) is 6.25. The van der Waals surface area contributed by atoms with E-state index < -0.39 is 5.60 Å². The maximum Gasteiger partial charge on any atom is 0.419 e. The van der Waals surface area contributed by atoms with Crippen molar-refractivity contribution in [1.82, 2.24) is 9.88 Å². The molecule has 0 spiro atoms. The minimum absolute atomic E-state index is 0.335. The number of aliphatic imine (C=N–C) groups is 1. The first-order chi connectivity index (χ1) is 13.8. The van der Waals surface area contributed by atoms with Crippen LogP contribution in [0.15, 0.2) is 41.0 Å². The van der Waals surface area contributed by atoms with E-state index in [0.29, 0.717) is 13.0 Å². The summed E-state index contributed by atoms with van der Waals surface area (Å²) < 4.78 is 7.43. The lowest BCUT2D eigenvalue weighted by Crippen LogP contribution is -2.30. The van der Waals surface area contributed by atoms with E-state index in [9.17, 15) is 4.79 Å². The van der Waals surface area contributed by atoms with Crippen molar-refractivity contribution in [3.63, 3.8) is 0 Å². The van der Waals surface area contributed by atoms with Crippen molar-refractivity contribution >= 4 is 23.7 Å². The molecule has 0 atom stereocenters. The monoisotopic (exact) mass is 395 g/mol. The Morgan fingerprint density at radius 1 is 1.34 bits per heavy atom. The lowest BCUT2D eigenvalue weighted by Gasteiger charge is -2.25. The molecule has 29 heavy (non-hydrogen) atoms. The summed E-state index contributed by atoms with van der Waals surface area (Å²) in [6.45, 7) is 12.9. The molecule has 1 aromatic heterocycles. The van der Waals surface area contributed by atoms with Gasteiger partial charge in [0.15, 0.2) is 0 Å². The number of carbonyl (C=O) groups excluding carboxylic acids is 1. The Balaban J connectivity index is 1.92. The van der Waals surface area contributed by atoms with Gasteiger partial charge in [-0.1, -0.05) is 24.6 Å². The highest BCUT2D eigenvalue weighted by atomic mass is 16.6. The van der Waals surface area contributed by atoms with E-state index in [0.717, 1.165) is 40.3 Å². The number of fused-ring (bicyclic) bond motifs is 1. The summed E-state index contributed by atoms with van der Waals surface area (Å²) in [6, 6.07) is 8.29. The van der Waals surface area contributed by atoms with Gasteiger partial charge in [-0.15, -0.1) is 0 Å². The van der Waals surface area contributed by atoms with Gasteiger partial charge in [0.1, 0.15) is 5.60 Å². The molecule has 1 aromatic carbocycles. The number of hydrogen-bond acceptors (Lipinski definition) is 4. The summed E-state index contributed by atoms with van der Waals surface area (Å²) in [5, 5.41) is 4.56. The van der Waals surface area contributed by atoms with E-state index in [1.807, 2.05) is 33.8 Å². The van der Waals surface area contributed by atoms with Gasteiger partial charge in [-0.2, -0.15) is 0 Å². The quantitative estimate of drug-likeness (QED) is 0.633. The Bertz CT molecular complexity index is 914. The van der Waals surface area contributed by atoms with Crippen LogP contribution in [-0.2, 0) is 17.7 Å². The van der Waals surface area contributed by atoms with Crippen LogP contribution in [0.3, 0.4) is 0 Å². The van der Waals surface area contributed by atoms with Gasteiger partial charge in [-0.3, -0.25) is 4.99 Å². The van der Waals surface area contributed by atoms with E-state index in [2.05, 4.69) is 41.3 Å². The van der Waals surface area contributed by atoms with Crippen LogP contribution >= 0.6 is 0 Å².